The Morgan fingerprint density at radius 1 is 0.765 bits per heavy atom. The van der Waals surface area contributed by atoms with Gasteiger partial charge in [0.15, 0.2) is 0 Å². The average Bonchev–Trinajstić information content (AvgIpc) is 2.33. The van der Waals surface area contributed by atoms with Crippen molar-refractivity contribution in [1.29, 1.82) is 0 Å². The van der Waals surface area contributed by atoms with Crippen molar-refractivity contribution in [1.82, 2.24) is 0 Å². The van der Waals surface area contributed by atoms with Crippen LogP contribution in [0.2, 0.25) is 0 Å². The molecule has 0 nitrogen and oxygen atoms in total. The van der Waals surface area contributed by atoms with Crippen LogP contribution in [0, 0.1) is 0 Å². The van der Waals surface area contributed by atoms with Gasteiger partial charge in [-0.25, -0.2) is 0 Å². The van der Waals surface area contributed by atoms with E-state index in [2.05, 4.69) is 32.9 Å². The minimum Gasteiger partial charge on any atom is -0.107 e. The van der Waals surface area contributed by atoms with Gasteiger partial charge >= 0.3 is 0 Å². The van der Waals surface area contributed by atoms with E-state index in [1.165, 1.54) is 63.7 Å². The molecule has 0 N–H and O–H groups in total. The maximum Gasteiger partial charge on any atom is -0.0326 e. The average molecular weight is 256 g/mol. The van der Waals surface area contributed by atoms with Crippen molar-refractivity contribution in [3.8, 4) is 0 Å². The normalized spacial score (nSPS) is 11.8. The van der Waals surface area contributed by atoms with Crippen LogP contribution in [0.15, 0.2) is 12.2 Å². The summed E-state index contributed by atoms with van der Waals surface area (Å²) in [5, 5.41) is 0. The van der Waals surface area contributed by atoms with E-state index in [0.717, 1.165) is 0 Å². The third kappa shape index (κ3) is 12.4. The molecule has 0 fully saturated rings. The maximum absolute atomic E-state index is 2.34. The second-order valence-electron chi connectivity index (χ2n) is 4.97. The van der Waals surface area contributed by atoms with Gasteiger partial charge in [-0.15, -0.1) is 7.92 Å². The number of rotatable bonds is 12. The summed E-state index contributed by atoms with van der Waals surface area (Å²) in [6.07, 6.45) is 20.4. The van der Waals surface area contributed by atoms with Crippen LogP contribution in [0.1, 0.15) is 72.1 Å². The highest BCUT2D eigenvalue weighted by molar-refractivity contribution is 7.57. The first-order valence-corrected chi connectivity index (χ1v) is 9.58. The number of hydrogen-bond acceptors (Lipinski definition) is 0. The molecule has 0 amide bonds. The van der Waals surface area contributed by atoms with Crippen LogP contribution in [0.5, 0.6) is 0 Å². The largest absolute Gasteiger partial charge is 0.107 e. The van der Waals surface area contributed by atoms with Gasteiger partial charge in [0.05, 0.1) is 0 Å². The van der Waals surface area contributed by atoms with Gasteiger partial charge < -0.3 is 0 Å². The van der Waals surface area contributed by atoms with Crippen molar-refractivity contribution in [3.63, 3.8) is 0 Å². The molecule has 0 saturated carbocycles. The SMILES string of the molecule is CC=CCCCCCCCP(CCC)CCC. The van der Waals surface area contributed by atoms with E-state index < -0.39 is 0 Å². The molecule has 0 aliphatic heterocycles. The van der Waals surface area contributed by atoms with E-state index in [9.17, 15) is 0 Å². The summed E-state index contributed by atoms with van der Waals surface area (Å²) in [5.74, 6) is 0. The Bertz CT molecular complexity index is 157. The van der Waals surface area contributed by atoms with E-state index in [1.807, 2.05) is 0 Å². The van der Waals surface area contributed by atoms with Crippen molar-refractivity contribution >= 4 is 7.92 Å². The van der Waals surface area contributed by atoms with Crippen LogP contribution >= 0.6 is 7.92 Å². The van der Waals surface area contributed by atoms with Crippen LogP contribution < -0.4 is 0 Å². The second kappa shape index (κ2) is 14.2. The summed E-state index contributed by atoms with van der Waals surface area (Å²) < 4.78 is 0. The van der Waals surface area contributed by atoms with Gasteiger partial charge in [0.1, 0.15) is 0 Å². The van der Waals surface area contributed by atoms with Crippen molar-refractivity contribution in [2.24, 2.45) is 0 Å². The fourth-order valence-corrected chi connectivity index (χ4v) is 4.87. The molecule has 0 unspecified atom stereocenters. The molecule has 0 aromatic carbocycles. The number of unbranched alkanes of at least 4 members (excludes halogenated alkanes) is 5. The number of allylic oxidation sites excluding steroid dienone is 2. The van der Waals surface area contributed by atoms with Gasteiger partial charge in [0, 0.05) is 0 Å². The Hall–Kier alpha value is 0.170. The summed E-state index contributed by atoms with van der Waals surface area (Å²) in [5.41, 5.74) is 0. The monoisotopic (exact) mass is 256 g/mol. The summed E-state index contributed by atoms with van der Waals surface area (Å²) in [4.78, 5) is 0. The highest BCUT2D eigenvalue weighted by atomic mass is 31.1. The summed E-state index contributed by atoms with van der Waals surface area (Å²) in [7, 11) is 0.398. The molecular formula is C16H33P. The summed E-state index contributed by atoms with van der Waals surface area (Å²) in [6, 6.07) is 0. The lowest BCUT2D eigenvalue weighted by molar-refractivity contribution is 0.638. The van der Waals surface area contributed by atoms with Crippen LogP contribution in [0.25, 0.3) is 0 Å². The van der Waals surface area contributed by atoms with E-state index >= 15 is 0 Å². The molecular weight excluding hydrogens is 223 g/mol. The van der Waals surface area contributed by atoms with Crippen LogP contribution in [-0.2, 0) is 0 Å². The van der Waals surface area contributed by atoms with Gasteiger partial charge in [0.2, 0.25) is 0 Å². The molecule has 102 valence electrons. The smallest absolute Gasteiger partial charge is 0.0326 e. The van der Waals surface area contributed by atoms with Gasteiger partial charge in [-0.2, -0.15) is 0 Å². The molecule has 0 saturated heterocycles. The Morgan fingerprint density at radius 2 is 1.35 bits per heavy atom. The molecule has 0 aromatic rings. The summed E-state index contributed by atoms with van der Waals surface area (Å²) in [6.45, 7) is 6.79. The Labute approximate surface area is 111 Å². The molecule has 0 spiro atoms. The topological polar surface area (TPSA) is 0 Å². The van der Waals surface area contributed by atoms with Gasteiger partial charge in [-0.3, -0.25) is 0 Å². The molecule has 0 aliphatic rings. The van der Waals surface area contributed by atoms with E-state index in [1.54, 1.807) is 6.16 Å². The molecule has 17 heavy (non-hydrogen) atoms. The van der Waals surface area contributed by atoms with Crippen LogP contribution in [0.3, 0.4) is 0 Å². The molecule has 0 rings (SSSR count). The highest BCUT2D eigenvalue weighted by Gasteiger charge is 2.04. The number of hydrogen-bond donors (Lipinski definition) is 0. The fourth-order valence-electron chi connectivity index (χ4n) is 2.26. The van der Waals surface area contributed by atoms with E-state index in [4.69, 9.17) is 0 Å². The minimum absolute atomic E-state index is 0.398. The lowest BCUT2D eigenvalue weighted by Gasteiger charge is -2.15. The zero-order chi connectivity index (χ0) is 12.8. The lowest BCUT2D eigenvalue weighted by atomic mass is 10.1. The van der Waals surface area contributed by atoms with Crippen molar-refractivity contribution in [3.05, 3.63) is 12.2 Å². The molecule has 0 atom stereocenters. The Balaban J connectivity index is 3.29. The molecule has 1 heteroatoms. The predicted octanol–water partition coefficient (Wildman–Crippen LogP) is 6.21. The highest BCUT2D eigenvalue weighted by Crippen LogP contribution is 2.37. The molecule has 0 heterocycles. The van der Waals surface area contributed by atoms with Crippen LogP contribution in [-0.4, -0.2) is 18.5 Å². The first-order chi connectivity index (χ1) is 8.35. The zero-order valence-corrected chi connectivity index (χ0v) is 13.3. The summed E-state index contributed by atoms with van der Waals surface area (Å²) >= 11 is 0. The van der Waals surface area contributed by atoms with Gasteiger partial charge in [0.25, 0.3) is 0 Å². The molecule has 0 aliphatic carbocycles. The third-order valence-electron chi connectivity index (χ3n) is 3.16. The molecule has 0 bridgehead atoms. The molecule has 0 aromatic heterocycles. The first-order valence-electron chi connectivity index (χ1n) is 7.68. The minimum atomic E-state index is 0.398. The Morgan fingerprint density at radius 3 is 1.94 bits per heavy atom. The maximum atomic E-state index is 2.34. The first kappa shape index (κ1) is 17.2. The second-order valence-corrected chi connectivity index (χ2v) is 7.65. The fraction of sp³-hybridized carbons (Fsp3) is 0.875. The van der Waals surface area contributed by atoms with Gasteiger partial charge in [-0.1, -0.05) is 58.1 Å². The van der Waals surface area contributed by atoms with Crippen molar-refractivity contribution in [2.75, 3.05) is 18.5 Å². The van der Waals surface area contributed by atoms with E-state index in [0.29, 0.717) is 7.92 Å². The zero-order valence-electron chi connectivity index (χ0n) is 12.4. The quantitative estimate of drug-likeness (QED) is 0.221. The van der Waals surface area contributed by atoms with E-state index in [-0.39, 0.29) is 0 Å². The third-order valence-corrected chi connectivity index (χ3v) is 6.27. The van der Waals surface area contributed by atoms with Crippen molar-refractivity contribution < 1.29 is 0 Å². The Kier molecular flexibility index (Phi) is 14.4. The van der Waals surface area contributed by atoms with Gasteiger partial charge in [-0.05, 0) is 44.7 Å². The van der Waals surface area contributed by atoms with Crippen LogP contribution in [0.4, 0.5) is 0 Å². The van der Waals surface area contributed by atoms with Crippen molar-refractivity contribution in [2.45, 2.75) is 72.1 Å². The standard InChI is InChI=1S/C16H33P/c1-4-7-8-9-10-11-12-13-16-17(14-5-2)15-6-3/h4,7H,5-6,8-16H2,1-3H3. The predicted molar refractivity (Wildman–Crippen MR) is 84.6 cm³/mol. The lowest BCUT2D eigenvalue weighted by Crippen LogP contribution is -1.94. The molecule has 0 radical (unpaired) electrons.